The highest BCUT2D eigenvalue weighted by Gasteiger charge is 2.19. The van der Waals surface area contributed by atoms with Gasteiger partial charge in [0.05, 0.1) is 9.92 Å². The molecule has 0 saturated carbocycles. The molecule has 0 amide bonds. The van der Waals surface area contributed by atoms with Crippen molar-refractivity contribution in [2.45, 2.75) is 15.6 Å². The fourth-order valence-corrected chi connectivity index (χ4v) is 4.59. The third-order valence-corrected chi connectivity index (χ3v) is 6.59. The van der Waals surface area contributed by atoms with E-state index in [0.29, 0.717) is 16.3 Å². The van der Waals surface area contributed by atoms with E-state index in [1.165, 1.54) is 23.5 Å². The summed E-state index contributed by atoms with van der Waals surface area (Å²) in [6, 6.07) is 9.35. The highest BCUT2D eigenvalue weighted by Crippen LogP contribution is 2.25. The minimum absolute atomic E-state index is 0.0669. The van der Waals surface area contributed by atoms with Crippen molar-refractivity contribution in [1.82, 2.24) is 4.57 Å². The second kappa shape index (κ2) is 5.87. The van der Waals surface area contributed by atoms with Crippen molar-refractivity contribution in [3.05, 3.63) is 70.6 Å². The molecule has 22 heavy (non-hydrogen) atoms. The Morgan fingerprint density at radius 1 is 1.23 bits per heavy atom. The molecule has 0 fully saturated rings. The summed E-state index contributed by atoms with van der Waals surface area (Å²) >= 11 is 6.82. The fourth-order valence-electron chi connectivity index (χ4n) is 2.06. The molecule has 0 aliphatic carbocycles. The maximum atomic E-state index is 13.4. The van der Waals surface area contributed by atoms with E-state index in [2.05, 4.69) is 0 Å². The highest BCUT2D eigenvalue weighted by molar-refractivity contribution is 7.93. The van der Waals surface area contributed by atoms with Crippen LogP contribution in [0.4, 0.5) is 4.39 Å². The molecule has 3 aromatic rings. The topological polar surface area (TPSA) is 39.1 Å². The van der Waals surface area contributed by atoms with Crippen LogP contribution in [0.3, 0.4) is 0 Å². The third-order valence-electron chi connectivity index (χ3n) is 3.14. The van der Waals surface area contributed by atoms with Gasteiger partial charge in [0.2, 0.25) is 9.84 Å². The van der Waals surface area contributed by atoms with Gasteiger partial charge in [-0.3, -0.25) is 0 Å². The Morgan fingerprint density at radius 2 is 2.05 bits per heavy atom. The first-order chi connectivity index (χ1) is 10.5. The lowest BCUT2D eigenvalue weighted by molar-refractivity contribution is 0.597. The lowest BCUT2D eigenvalue weighted by Gasteiger charge is -2.04. The summed E-state index contributed by atoms with van der Waals surface area (Å²) < 4.78 is 40.2. The molecule has 0 N–H and O–H groups in total. The minimum atomic E-state index is -3.48. The van der Waals surface area contributed by atoms with Crippen molar-refractivity contribution < 1.29 is 12.8 Å². The van der Waals surface area contributed by atoms with Crippen molar-refractivity contribution in [3.8, 4) is 0 Å². The summed E-state index contributed by atoms with van der Waals surface area (Å²) in [6.45, 7) is 0.369. The molecule has 3 nitrogen and oxygen atoms in total. The zero-order valence-electron chi connectivity index (χ0n) is 11.2. The standard InChI is InChI=1S/C15H11ClFNO2S2/c16-13-4-3-11(8-14(13)17)9-18-6-5-12(10-18)22(19,20)15-2-1-7-21-15/h1-8,10H,9H2. The van der Waals surface area contributed by atoms with Crippen molar-refractivity contribution in [2.24, 2.45) is 0 Å². The maximum Gasteiger partial charge on any atom is 0.217 e. The van der Waals surface area contributed by atoms with E-state index in [4.69, 9.17) is 11.6 Å². The van der Waals surface area contributed by atoms with Gasteiger partial charge in [-0.2, -0.15) is 0 Å². The molecular weight excluding hydrogens is 345 g/mol. The molecule has 0 atom stereocenters. The maximum absolute atomic E-state index is 13.4. The predicted molar refractivity (Wildman–Crippen MR) is 84.7 cm³/mol. The Bertz CT molecular complexity index is 902. The van der Waals surface area contributed by atoms with Gasteiger partial charge >= 0.3 is 0 Å². The summed E-state index contributed by atoms with van der Waals surface area (Å²) in [4.78, 5) is 0.226. The number of hydrogen-bond acceptors (Lipinski definition) is 3. The molecule has 0 aliphatic heterocycles. The van der Waals surface area contributed by atoms with Crippen LogP contribution in [-0.4, -0.2) is 13.0 Å². The molecule has 3 rings (SSSR count). The monoisotopic (exact) mass is 355 g/mol. The van der Waals surface area contributed by atoms with Crippen LogP contribution >= 0.6 is 22.9 Å². The average Bonchev–Trinajstić information content (AvgIpc) is 3.14. The first kappa shape index (κ1) is 15.3. The van der Waals surface area contributed by atoms with Crippen LogP contribution in [0.25, 0.3) is 0 Å². The summed E-state index contributed by atoms with van der Waals surface area (Å²) in [5.74, 6) is -0.488. The van der Waals surface area contributed by atoms with Gasteiger partial charge in [-0.05, 0) is 35.2 Å². The zero-order valence-corrected chi connectivity index (χ0v) is 13.6. The largest absolute Gasteiger partial charge is 0.349 e. The van der Waals surface area contributed by atoms with E-state index in [9.17, 15) is 12.8 Å². The minimum Gasteiger partial charge on any atom is -0.349 e. The van der Waals surface area contributed by atoms with Gasteiger partial charge in [0.1, 0.15) is 10.0 Å². The predicted octanol–water partition coefficient (Wildman–Crippen LogP) is 4.22. The third kappa shape index (κ3) is 2.95. The van der Waals surface area contributed by atoms with Crippen molar-refractivity contribution in [1.29, 1.82) is 0 Å². The Labute approximate surface area is 136 Å². The smallest absolute Gasteiger partial charge is 0.217 e. The molecule has 0 spiro atoms. The molecule has 0 unspecified atom stereocenters. The van der Waals surface area contributed by atoms with Gasteiger partial charge in [-0.25, -0.2) is 12.8 Å². The molecule has 2 heterocycles. The van der Waals surface area contributed by atoms with Gasteiger partial charge in [0, 0.05) is 18.9 Å². The second-order valence-corrected chi connectivity index (χ2v) is 8.23. The molecule has 0 saturated heterocycles. The fraction of sp³-hybridized carbons (Fsp3) is 0.0667. The molecular formula is C15H11ClFNO2S2. The normalized spacial score (nSPS) is 11.7. The van der Waals surface area contributed by atoms with Gasteiger partial charge in [-0.1, -0.05) is 23.7 Å². The van der Waals surface area contributed by atoms with Crippen molar-refractivity contribution >= 4 is 32.8 Å². The number of halogens is 2. The number of benzene rings is 1. The van der Waals surface area contributed by atoms with E-state index in [1.54, 1.807) is 46.6 Å². The number of nitrogens with zero attached hydrogens (tertiary/aromatic N) is 1. The van der Waals surface area contributed by atoms with E-state index >= 15 is 0 Å². The van der Waals surface area contributed by atoms with Crippen LogP contribution in [0.2, 0.25) is 5.02 Å². The van der Waals surface area contributed by atoms with Crippen LogP contribution < -0.4 is 0 Å². The van der Waals surface area contributed by atoms with Crippen LogP contribution in [-0.2, 0) is 16.4 Å². The number of rotatable bonds is 4. The van der Waals surface area contributed by atoms with Gasteiger partial charge < -0.3 is 4.57 Å². The lowest BCUT2D eigenvalue weighted by Crippen LogP contribution is -2.00. The van der Waals surface area contributed by atoms with Crippen molar-refractivity contribution in [2.75, 3.05) is 0 Å². The van der Waals surface area contributed by atoms with Crippen LogP contribution in [0.1, 0.15) is 5.56 Å². The van der Waals surface area contributed by atoms with Gasteiger partial charge in [0.15, 0.2) is 0 Å². The highest BCUT2D eigenvalue weighted by atomic mass is 35.5. The lowest BCUT2D eigenvalue weighted by atomic mass is 10.2. The Balaban J connectivity index is 1.86. The Hall–Kier alpha value is -1.63. The number of thiophene rings is 1. The summed E-state index contributed by atoms with van der Waals surface area (Å²) in [7, 11) is -3.48. The van der Waals surface area contributed by atoms with Gasteiger partial charge in [0.25, 0.3) is 0 Å². The first-order valence-corrected chi connectivity index (χ1v) is 9.09. The second-order valence-electron chi connectivity index (χ2n) is 4.70. The average molecular weight is 356 g/mol. The van der Waals surface area contributed by atoms with E-state index in [1.807, 2.05) is 0 Å². The summed E-state index contributed by atoms with van der Waals surface area (Å²) in [5, 5.41) is 1.79. The molecule has 1 aromatic carbocycles. The summed E-state index contributed by atoms with van der Waals surface area (Å²) in [6.07, 6.45) is 3.20. The Kier molecular flexibility index (Phi) is 4.08. The van der Waals surface area contributed by atoms with Crippen LogP contribution in [0, 0.1) is 5.82 Å². The number of sulfone groups is 1. The summed E-state index contributed by atoms with van der Waals surface area (Å²) in [5.41, 5.74) is 0.706. The molecule has 0 aliphatic rings. The van der Waals surface area contributed by atoms with E-state index < -0.39 is 15.7 Å². The van der Waals surface area contributed by atoms with E-state index in [0.717, 1.165) is 0 Å². The Morgan fingerprint density at radius 3 is 2.73 bits per heavy atom. The van der Waals surface area contributed by atoms with Crippen LogP contribution in [0.15, 0.2) is 63.3 Å². The SMILES string of the molecule is O=S(=O)(c1ccn(Cc2ccc(Cl)c(F)c2)c1)c1cccs1. The van der Waals surface area contributed by atoms with Crippen molar-refractivity contribution in [3.63, 3.8) is 0 Å². The number of hydrogen-bond donors (Lipinski definition) is 0. The first-order valence-electron chi connectivity index (χ1n) is 6.35. The molecule has 114 valence electrons. The number of aromatic nitrogens is 1. The molecule has 2 aromatic heterocycles. The molecule has 0 bridgehead atoms. The molecule has 7 heteroatoms. The van der Waals surface area contributed by atoms with Crippen LogP contribution in [0.5, 0.6) is 0 Å². The molecule has 0 radical (unpaired) electrons. The van der Waals surface area contributed by atoms with E-state index in [-0.39, 0.29) is 9.92 Å². The van der Waals surface area contributed by atoms with Gasteiger partial charge in [-0.15, -0.1) is 11.3 Å². The zero-order chi connectivity index (χ0) is 15.7. The quantitative estimate of drug-likeness (QED) is 0.702.